The highest BCUT2D eigenvalue weighted by molar-refractivity contribution is 7.91. The Morgan fingerprint density at radius 1 is 1.03 bits per heavy atom. The predicted molar refractivity (Wildman–Crippen MR) is 117 cm³/mol. The molecule has 0 radical (unpaired) electrons. The molecule has 1 N–H and O–H groups in total. The van der Waals surface area contributed by atoms with Gasteiger partial charge in [-0.2, -0.15) is 13.2 Å². The van der Waals surface area contributed by atoms with Crippen LogP contribution in [0.2, 0.25) is 0 Å². The zero-order chi connectivity index (χ0) is 23.8. The van der Waals surface area contributed by atoms with Crippen LogP contribution in [0.3, 0.4) is 0 Å². The van der Waals surface area contributed by atoms with Gasteiger partial charge < -0.3 is 14.1 Å². The molecule has 0 aliphatic carbocycles. The third kappa shape index (κ3) is 5.02. The van der Waals surface area contributed by atoms with E-state index in [0.29, 0.717) is 5.56 Å². The van der Waals surface area contributed by atoms with Crippen LogP contribution in [0.15, 0.2) is 56.6 Å². The van der Waals surface area contributed by atoms with Gasteiger partial charge in [0.1, 0.15) is 22.8 Å². The number of alkyl halides is 3. The normalized spacial score (nSPS) is 13.8. The Kier molecular flexibility index (Phi) is 6.76. The number of aryl methyl sites for hydroxylation is 3. The molecule has 0 spiro atoms. The Morgan fingerprint density at radius 2 is 1.59 bits per heavy atom. The van der Waals surface area contributed by atoms with Crippen molar-refractivity contribution >= 4 is 11.2 Å². The van der Waals surface area contributed by atoms with Crippen molar-refractivity contribution in [1.29, 1.82) is 0 Å². The fraction of sp³-hybridized carbons (Fsp3) is 0.292. The quantitative estimate of drug-likeness (QED) is 0.480. The molecule has 3 aromatic rings. The summed E-state index contributed by atoms with van der Waals surface area (Å²) in [6.45, 7) is 7.30. The first-order chi connectivity index (χ1) is 14.9. The molecule has 2 atom stereocenters. The molecule has 170 valence electrons. The van der Waals surface area contributed by atoms with E-state index >= 15 is 0 Å². The van der Waals surface area contributed by atoms with Crippen LogP contribution in [0.25, 0.3) is 11.1 Å². The average Bonchev–Trinajstić information content (AvgIpc) is 2.68. The van der Waals surface area contributed by atoms with Crippen molar-refractivity contribution in [2.24, 2.45) is 0 Å². The molecule has 3 rings (SSSR count). The fourth-order valence-electron chi connectivity index (χ4n) is 3.75. The Hall–Kier alpha value is -2.71. The third-order valence-electron chi connectivity index (χ3n) is 5.21. The largest absolute Gasteiger partial charge is 0.611 e. The minimum absolute atomic E-state index is 0.00960. The Labute approximate surface area is 186 Å². The first-order valence-corrected chi connectivity index (χ1v) is 11.2. The Balaban J connectivity index is 1.86. The maximum absolute atomic E-state index is 12.7. The van der Waals surface area contributed by atoms with Gasteiger partial charge in [0.25, 0.3) is 0 Å². The number of hydrogen-bond donors (Lipinski definition) is 1. The lowest BCUT2D eigenvalue weighted by atomic mass is 9.94. The first kappa shape index (κ1) is 23.9. The zero-order valence-electron chi connectivity index (χ0n) is 18.0. The molecule has 2 aromatic carbocycles. The summed E-state index contributed by atoms with van der Waals surface area (Å²) in [7, 11) is 0. The molecule has 0 aliphatic rings. The van der Waals surface area contributed by atoms with E-state index in [1.165, 1.54) is 18.2 Å². The number of halogens is 3. The second-order valence-corrected chi connectivity index (χ2v) is 9.40. The second-order valence-electron chi connectivity index (χ2n) is 7.91. The lowest BCUT2D eigenvalue weighted by Crippen LogP contribution is -2.16. The Bertz CT molecular complexity index is 1160. The van der Waals surface area contributed by atoms with E-state index in [1.807, 2.05) is 32.9 Å². The van der Waals surface area contributed by atoms with Gasteiger partial charge in [-0.15, -0.1) is 0 Å². The van der Waals surface area contributed by atoms with E-state index in [2.05, 4.69) is 0 Å². The topological polar surface area (TPSA) is 73.5 Å². The molecule has 0 fully saturated rings. The molecule has 8 heteroatoms. The van der Waals surface area contributed by atoms with E-state index in [-0.39, 0.29) is 27.7 Å². The van der Waals surface area contributed by atoms with Crippen molar-refractivity contribution in [2.75, 3.05) is 5.75 Å². The SMILES string of the molecule is Cc1cc(C)c(-c2c(O)cc(C(C)C[S+]([O-])c3ccc(C(F)(F)F)cc3)oc2=O)c(C)c1. The number of benzene rings is 2. The number of hydrogen-bond acceptors (Lipinski definition) is 4. The highest BCUT2D eigenvalue weighted by atomic mass is 32.2. The molecule has 32 heavy (non-hydrogen) atoms. The van der Waals surface area contributed by atoms with Crippen LogP contribution in [0.1, 0.15) is 40.9 Å². The summed E-state index contributed by atoms with van der Waals surface area (Å²) in [4.78, 5) is 13.0. The van der Waals surface area contributed by atoms with Gasteiger partial charge in [-0.25, -0.2) is 4.79 Å². The average molecular weight is 465 g/mol. The third-order valence-corrected chi connectivity index (χ3v) is 6.81. The molecule has 2 unspecified atom stereocenters. The summed E-state index contributed by atoms with van der Waals surface area (Å²) in [5.74, 6) is -0.598. The summed E-state index contributed by atoms with van der Waals surface area (Å²) in [6.07, 6.45) is -4.47. The standard InChI is InChI=1S/C24H23F3O4S/c1-13-9-14(2)21(15(3)10-13)22-19(28)11-20(31-23(22)29)16(4)12-32(30)18-7-5-17(6-8-18)24(25,26)27/h5-11,16,28H,12H2,1-4H3. The van der Waals surface area contributed by atoms with Crippen molar-refractivity contribution in [2.45, 2.75) is 44.7 Å². The molecule has 0 saturated heterocycles. The molecule has 4 nitrogen and oxygen atoms in total. The zero-order valence-corrected chi connectivity index (χ0v) is 18.9. The molecule has 1 heterocycles. The summed E-state index contributed by atoms with van der Waals surface area (Å²) in [5.41, 5.74) is 1.84. The molecule has 0 amide bonds. The maximum Gasteiger partial charge on any atom is 0.416 e. The minimum Gasteiger partial charge on any atom is -0.611 e. The van der Waals surface area contributed by atoms with Crippen LogP contribution in [0.5, 0.6) is 5.75 Å². The summed E-state index contributed by atoms with van der Waals surface area (Å²) >= 11 is -1.62. The molecule has 1 aromatic heterocycles. The lowest BCUT2D eigenvalue weighted by molar-refractivity contribution is -0.137. The van der Waals surface area contributed by atoms with Gasteiger partial charge in [0, 0.05) is 6.07 Å². The molecular weight excluding hydrogens is 441 g/mol. The van der Waals surface area contributed by atoms with Crippen LogP contribution in [-0.2, 0) is 17.4 Å². The summed E-state index contributed by atoms with van der Waals surface area (Å²) < 4.78 is 56.2. The highest BCUT2D eigenvalue weighted by Crippen LogP contribution is 2.35. The van der Waals surface area contributed by atoms with Crippen molar-refractivity contribution in [3.63, 3.8) is 0 Å². The van der Waals surface area contributed by atoms with E-state index in [4.69, 9.17) is 4.42 Å². The van der Waals surface area contributed by atoms with Crippen LogP contribution in [0, 0.1) is 20.8 Å². The van der Waals surface area contributed by atoms with Crippen LogP contribution >= 0.6 is 0 Å². The first-order valence-electron chi connectivity index (χ1n) is 9.89. The monoisotopic (exact) mass is 464 g/mol. The summed E-state index contributed by atoms with van der Waals surface area (Å²) in [6, 6.07) is 9.26. The van der Waals surface area contributed by atoms with Gasteiger partial charge in [0.05, 0.1) is 11.5 Å². The van der Waals surface area contributed by atoms with E-state index < -0.39 is 34.5 Å². The minimum atomic E-state index is -4.47. The van der Waals surface area contributed by atoms with Crippen molar-refractivity contribution in [1.82, 2.24) is 0 Å². The van der Waals surface area contributed by atoms with Gasteiger partial charge in [-0.05, 0) is 72.9 Å². The van der Waals surface area contributed by atoms with Gasteiger partial charge in [-0.1, -0.05) is 24.6 Å². The molecule has 0 saturated carbocycles. The molecule has 0 aliphatic heterocycles. The molecule has 0 bridgehead atoms. The van der Waals surface area contributed by atoms with Gasteiger partial charge >= 0.3 is 11.8 Å². The van der Waals surface area contributed by atoms with Gasteiger partial charge in [0.2, 0.25) is 0 Å². The van der Waals surface area contributed by atoms with Gasteiger partial charge in [-0.3, -0.25) is 0 Å². The van der Waals surface area contributed by atoms with Crippen molar-refractivity contribution in [3.8, 4) is 16.9 Å². The predicted octanol–water partition coefficient (Wildman–Crippen LogP) is 5.87. The second kappa shape index (κ2) is 9.03. The highest BCUT2D eigenvalue weighted by Gasteiger charge is 2.31. The van der Waals surface area contributed by atoms with E-state index in [0.717, 1.165) is 28.8 Å². The van der Waals surface area contributed by atoms with Crippen LogP contribution in [-0.4, -0.2) is 15.4 Å². The maximum atomic E-state index is 12.7. The fourth-order valence-corrected chi connectivity index (χ4v) is 5.00. The van der Waals surface area contributed by atoms with E-state index in [1.54, 1.807) is 6.92 Å². The Morgan fingerprint density at radius 3 is 2.09 bits per heavy atom. The lowest BCUT2D eigenvalue weighted by Gasteiger charge is -2.17. The smallest absolute Gasteiger partial charge is 0.416 e. The van der Waals surface area contributed by atoms with Crippen LogP contribution in [0.4, 0.5) is 13.2 Å². The molecular formula is C24H23F3O4S. The van der Waals surface area contributed by atoms with Gasteiger partial charge in [0.15, 0.2) is 4.90 Å². The number of aromatic hydroxyl groups is 1. The van der Waals surface area contributed by atoms with Crippen molar-refractivity contribution < 1.29 is 27.2 Å². The summed E-state index contributed by atoms with van der Waals surface area (Å²) in [5, 5.41) is 10.6. The van der Waals surface area contributed by atoms with E-state index in [9.17, 15) is 27.6 Å². The van der Waals surface area contributed by atoms with Crippen LogP contribution < -0.4 is 5.63 Å². The number of rotatable bonds is 5. The van der Waals surface area contributed by atoms with Crippen molar-refractivity contribution in [3.05, 3.63) is 80.9 Å².